The van der Waals surface area contributed by atoms with E-state index >= 15 is 0 Å². The lowest BCUT2D eigenvalue weighted by atomic mass is 10.3. The second-order valence-corrected chi connectivity index (χ2v) is 6.82. The van der Waals surface area contributed by atoms with E-state index in [9.17, 15) is 0 Å². The molecule has 0 radical (unpaired) electrons. The second-order valence-electron chi connectivity index (χ2n) is 5.44. The van der Waals surface area contributed by atoms with Crippen LogP contribution in [-0.4, -0.2) is 31.6 Å². The van der Waals surface area contributed by atoms with E-state index in [2.05, 4.69) is 46.6 Å². The molecule has 0 spiro atoms. The highest BCUT2D eigenvalue weighted by atomic mass is 127. The number of thiophene rings is 1. The number of guanidine groups is 1. The lowest BCUT2D eigenvalue weighted by Crippen LogP contribution is -2.36. The fourth-order valence-electron chi connectivity index (χ4n) is 2.06. The monoisotopic (exact) mass is 459 g/mol. The van der Waals surface area contributed by atoms with Crippen LogP contribution in [0.25, 0.3) is 0 Å². The van der Waals surface area contributed by atoms with Crippen LogP contribution >= 0.6 is 35.3 Å². The molecular weight excluding hydrogens is 433 g/mol. The van der Waals surface area contributed by atoms with Crippen LogP contribution in [0.1, 0.15) is 22.4 Å². The molecule has 0 atom stereocenters. The molecule has 2 aromatic heterocycles. The number of halogens is 1. The van der Waals surface area contributed by atoms with Gasteiger partial charge in [-0.2, -0.15) is 0 Å². The number of hydrogen-bond acceptors (Lipinski definition) is 4. The van der Waals surface area contributed by atoms with Gasteiger partial charge in [0.25, 0.3) is 0 Å². The molecule has 2 N–H and O–H groups in total. The first-order chi connectivity index (χ1) is 11.1. The van der Waals surface area contributed by atoms with Crippen molar-refractivity contribution in [2.24, 2.45) is 4.99 Å². The van der Waals surface area contributed by atoms with E-state index in [1.54, 1.807) is 11.3 Å². The normalized spacial score (nSPS) is 10.9. The molecule has 24 heavy (non-hydrogen) atoms. The summed E-state index contributed by atoms with van der Waals surface area (Å²) in [5, 5.41) is 6.64. The number of anilines is 1. The first-order valence-electron chi connectivity index (χ1n) is 7.79. The Morgan fingerprint density at radius 1 is 1.21 bits per heavy atom. The summed E-state index contributed by atoms with van der Waals surface area (Å²) in [7, 11) is 3.98. The second kappa shape index (κ2) is 10.5. The van der Waals surface area contributed by atoms with Crippen molar-refractivity contribution >= 4 is 47.1 Å². The van der Waals surface area contributed by atoms with E-state index < -0.39 is 0 Å². The number of hydrogen-bond donors (Lipinski definition) is 2. The average molecular weight is 459 g/mol. The van der Waals surface area contributed by atoms with Crippen molar-refractivity contribution in [1.82, 2.24) is 15.6 Å². The Labute approximate surface area is 165 Å². The SMILES string of the molecule is CCNC(=NCc1cccc(N(C)C)n1)NCc1ccc(C)s1.I. The van der Waals surface area contributed by atoms with Gasteiger partial charge in [-0.25, -0.2) is 9.98 Å². The summed E-state index contributed by atoms with van der Waals surface area (Å²) in [6.45, 7) is 6.37. The topological polar surface area (TPSA) is 52.6 Å². The maximum Gasteiger partial charge on any atom is 0.191 e. The van der Waals surface area contributed by atoms with Gasteiger partial charge in [-0.15, -0.1) is 35.3 Å². The zero-order valence-electron chi connectivity index (χ0n) is 14.7. The first-order valence-corrected chi connectivity index (χ1v) is 8.61. The molecule has 0 aliphatic carbocycles. The molecule has 2 aromatic rings. The van der Waals surface area contributed by atoms with E-state index in [1.165, 1.54) is 9.75 Å². The van der Waals surface area contributed by atoms with Crippen LogP contribution in [0.15, 0.2) is 35.3 Å². The quantitative estimate of drug-likeness (QED) is 0.395. The lowest BCUT2D eigenvalue weighted by Gasteiger charge is -2.12. The van der Waals surface area contributed by atoms with Crippen LogP contribution in [-0.2, 0) is 13.1 Å². The maximum absolute atomic E-state index is 4.62. The lowest BCUT2D eigenvalue weighted by molar-refractivity contribution is 0.818. The van der Waals surface area contributed by atoms with Crippen LogP contribution in [0.3, 0.4) is 0 Å². The predicted molar refractivity (Wildman–Crippen MR) is 115 cm³/mol. The largest absolute Gasteiger partial charge is 0.363 e. The Balaban J connectivity index is 0.00000288. The van der Waals surface area contributed by atoms with Gasteiger partial charge in [-0.05, 0) is 38.1 Å². The fraction of sp³-hybridized carbons (Fsp3) is 0.412. The molecular formula is C17H26IN5S. The molecule has 0 bridgehead atoms. The van der Waals surface area contributed by atoms with E-state index in [1.807, 2.05) is 37.2 Å². The minimum Gasteiger partial charge on any atom is -0.363 e. The van der Waals surface area contributed by atoms with Crippen LogP contribution in [0, 0.1) is 6.92 Å². The molecule has 0 unspecified atom stereocenters. The highest BCUT2D eigenvalue weighted by molar-refractivity contribution is 14.0. The Bertz CT molecular complexity index is 654. The number of pyridine rings is 1. The number of aliphatic imine (C=N–C) groups is 1. The summed E-state index contributed by atoms with van der Waals surface area (Å²) < 4.78 is 0. The van der Waals surface area contributed by atoms with Crippen molar-refractivity contribution in [3.8, 4) is 0 Å². The van der Waals surface area contributed by atoms with E-state index in [-0.39, 0.29) is 24.0 Å². The Hall–Kier alpha value is -1.35. The summed E-state index contributed by atoms with van der Waals surface area (Å²) in [5.74, 6) is 1.76. The molecule has 0 saturated heterocycles. The summed E-state index contributed by atoms with van der Waals surface area (Å²) in [5.41, 5.74) is 0.959. The third-order valence-corrected chi connectivity index (χ3v) is 4.22. The number of aromatic nitrogens is 1. The van der Waals surface area contributed by atoms with Gasteiger partial charge in [-0.3, -0.25) is 0 Å². The molecule has 0 amide bonds. The molecule has 2 rings (SSSR count). The Kier molecular flexibility index (Phi) is 9.05. The van der Waals surface area contributed by atoms with Gasteiger partial charge < -0.3 is 15.5 Å². The summed E-state index contributed by atoms with van der Waals surface area (Å²) in [6, 6.07) is 10.3. The standard InChI is InChI=1S/C17H25N5S.HI/c1-5-18-17(20-12-15-10-9-13(2)23-15)19-11-14-7-6-8-16(21-14)22(3)4;/h6-10H,5,11-12H2,1-4H3,(H2,18,19,20);1H. The first kappa shape index (κ1) is 20.7. The van der Waals surface area contributed by atoms with Gasteiger partial charge in [0.1, 0.15) is 5.82 Å². The van der Waals surface area contributed by atoms with Gasteiger partial charge in [0.2, 0.25) is 0 Å². The highest BCUT2D eigenvalue weighted by Gasteiger charge is 2.02. The highest BCUT2D eigenvalue weighted by Crippen LogP contribution is 2.14. The third-order valence-electron chi connectivity index (χ3n) is 3.22. The van der Waals surface area contributed by atoms with Gasteiger partial charge in [-0.1, -0.05) is 6.07 Å². The number of aryl methyl sites for hydroxylation is 1. The summed E-state index contributed by atoms with van der Waals surface area (Å²) >= 11 is 1.80. The summed E-state index contributed by atoms with van der Waals surface area (Å²) in [4.78, 5) is 13.8. The molecule has 7 heteroatoms. The van der Waals surface area contributed by atoms with Gasteiger partial charge in [0.05, 0.1) is 18.8 Å². The van der Waals surface area contributed by atoms with Crippen molar-refractivity contribution < 1.29 is 0 Å². The molecule has 0 fully saturated rings. The van der Waals surface area contributed by atoms with E-state index in [0.717, 1.165) is 30.6 Å². The van der Waals surface area contributed by atoms with Crippen LogP contribution in [0.2, 0.25) is 0 Å². The number of rotatable bonds is 6. The smallest absolute Gasteiger partial charge is 0.191 e. The van der Waals surface area contributed by atoms with Crippen LogP contribution < -0.4 is 15.5 Å². The average Bonchev–Trinajstić information content (AvgIpc) is 2.96. The molecule has 0 saturated carbocycles. The van der Waals surface area contributed by atoms with Gasteiger partial charge in [0.15, 0.2) is 5.96 Å². The molecule has 2 heterocycles. The van der Waals surface area contributed by atoms with E-state index in [0.29, 0.717) is 6.54 Å². The molecule has 132 valence electrons. The van der Waals surface area contributed by atoms with Gasteiger partial charge >= 0.3 is 0 Å². The van der Waals surface area contributed by atoms with Gasteiger partial charge in [0, 0.05) is 30.4 Å². The summed E-state index contributed by atoms with van der Waals surface area (Å²) in [6.07, 6.45) is 0. The molecule has 0 aliphatic rings. The number of nitrogens with zero attached hydrogens (tertiary/aromatic N) is 3. The maximum atomic E-state index is 4.62. The van der Waals surface area contributed by atoms with Crippen molar-refractivity contribution in [2.75, 3.05) is 25.5 Å². The zero-order valence-corrected chi connectivity index (χ0v) is 17.8. The minimum absolute atomic E-state index is 0. The van der Waals surface area contributed by atoms with Crippen molar-refractivity contribution in [3.05, 3.63) is 45.8 Å². The van der Waals surface area contributed by atoms with Crippen molar-refractivity contribution in [2.45, 2.75) is 26.9 Å². The van der Waals surface area contributed by atoms with E-state index in [4.69, 9.17) is 0 Å². The van der Waals surface area contributed by atoms with Crippen molar-refractivity contribution in [3.63, 3.8) is 0 Å². The fourth-order valence-corrected chi connectivity index (χ4v) is 2.89. The Morgan fingerprint density at radius 3 is 2.62 bits per heavy atom. The molecule has 0 aromatic carbocycles. The third kappa shape index (κ3) is 6.64. The minimum atomic E-state index is 0. The van der Waals surface area contributed by atoms with Crippen LogP contribution in [0.4, 0.5) is 5.82 Å². The zero-order chi connectivity index (χ0) is 16.7. The van der Waals surface area contributed by atoms with Crippen LogP contribution in [0.5, 0.6) is 0 Å². The Morgan fingerprint density at radius 2 is 2.00 bits per heavy atom. The predicted octanol–water partition coefficient (Wildman–Crippen LogP) is 3.39. The molecule has 0 aliphatic heterocycles. The van der Waals surface area contributed by atoms with Crippen molar-refractivity contribution in [1.29, 1.82) is 0 Å². The molecule has 5 nitrogen and oxygen atoms in total. The number of nitrogens with one attached hydrogen (secondary N) is 2.